The lowest BCUT2D eigenvalue weighted by Gasteiger charge is -2.37. The number of aromatic hydroxyl groups is 1. The molecule has 1 aliphatic rings. The number of carbonyl (C=O) groups is 1. The second-order valence-electron chi connectivity index (χ2n) is 6.76. The number of rotatable bonds is 4. The van der Waals surface area contributed by atoms with E-state index in [1.54, 1.807) is 12.1 Å². The second kappa shape index (κ2) is 7.14. The Morgan fingerprint density at radius 3 is 2.59 bits per heavy atom. The van der Waals surface area contributed by atoms with Crippen LogP contribution in [0, 0.1) is 17.8 Å². The van der Waals surface area contributed by atoms with E-state index in [-0.39, 0.29) is 17.4 Å². The Kier molecular flexibility index (Phi) is 5.46. The van der Waals surface area contributed by atoms with Crippen molar-refractivity contribution in [2.24, 2.45) is 17.8 Å². The summed E-state index contributed by atoms with van der Waals surface area (Å²) in [5.74, 6) is 0.523. The van der Waals surface area contributed by atoms with Gasteiger partial charge in [-0.05, 0) is 36.7 Å². The van der Waals surface area contributed by atoms with Crippen LogP contribution < -0.4 is 0 Å². The fourth-order valence-electron chi connectivity index (χ4n) is 3.31. The summed E-state index contributed by atoms with van der Waals surface area (Å²) in [4.78, 5) is 12.3. The van der Waals surface area contributed by atoms with E-state index in [4.69, 9.17) is 4.74 Å². The lowest BCUT2D eigenvalue weighted by atomic mass is 9.75. The summed E-state index contributed by atoms with van der Waals surface area (Å²) in [7, 11) is 0. The molecule has 0 spiro atoms. The number of para-hydroxylation sites is 1. The molecule has 2 N–H and O–H groups in total. The monoisotopic (exact) mass is 306 g/mol. The van der Waals surface area contributed by atoms with E-state index >= 15 is 0 Å². The molecular weight excluding hydrogens is 280 g/mol. The summed E-state index contributed by atoms with van der Waals surface area (Å²) in [5.41, 5.74) is 0.192. The molecule has 0 saturated heterocycles. The first-order chi connectivity index (χ1) is 10.4. The van der Waals surface area contributed by atoms with Gasteiger partial charge in [0, 0.05) is 5.56 Å². The van der Waals surface area contributed by atoms with E-state index in [0.29, 0.717) is 17.8 Å². The van der Waals surface area contributed by atoms with Crippen molar-refractivity contribution in [1.82, 2.24) is 0 Å². The molecule has 1 aliphatic carbocycles. The maximum absolute atomic E-state index is 12.3. The summed E-state index contributed by atoms with van der Waals surface area (Å²) in [6.07, 6.45) is 1.44. The summed E-state index contributed by atoms with van der Waals surface area (Å²) in [6, 6.07) is 6.30. The first-order valence-electron chi connectivity index (χ1n) is 8.06. The van der Waals surface area contributed by atoms with E-state index in [1.807, 2.05) is 0 Å². The van der Waals surface area contributed by atoms with Crippen LogP contribution in [-0.2, 0) is 9.53 Å². The smallest absolute Gasteiger partial charge is 0.340 e. The van der Waals surface area contributed by atoms with E-state index in [2.05, 4.69) is 20.8 Å². The van der Waals surface area contributed by atoms with Gasteiger partial charge in [0.05, 0.1) is 0 Å². The number of aliphatic hydroxyl groups excluding tert-OH is 1. The zero-order valence-corrected chi connectivity index (χ0v) is 13.5. The molecule has 0 radical (unpaired) electrons. The second-order valence-corrected chi connectivity index (χ2v) is 6.76. The third kappa shape index (κ3) is 3.80. The zero-order valence-electron chi connectivity index (χ0n) is 13.5. The Morgan fingerprint density at radius 1 is 1.27 bits per heavy atom. The van der Waals surface area contributed by atoms with Crippen LogP contribution in [0.25, 0.3) is 0 Å². The van der Waals surface area contributed by atoms with Crippen LogP contribution >= 0.6 is 0 Å². The van der Waals surface area contributed by atoms with Crippen molar-refractivity contribution in [1.29, 1.82) is 0 Å². The van der Waals surface area contributed by atoms with Gasteiger partial charge in [0.1, 0.15) is 11.9 Å². The predicted octanol–water partition coefficient (Wildman–Crippen LogP) is 3.43. The van der Waals surface area contributed by atoms with Gasteiger partial charge < -0.3 is 14.9 Å². The molecule has 0 aromatic heterocycles. The van der Waals surface area contributed by atoms with Crippen molar-refractivity contribution < 1.29 is 19.7 Å². The van der Waals surface area contributed by atoms with Gasteiger partial charge in [-0.15, -0.1) is 0 Å². The van der Waals surface area contributed by atoms with E-state index < -0.39 is 12.1 Å². The topological polar surface area (TPSA) is 66.8 Å². The van der Waals surface area contributed by atoms with Crippen molar-refractivity contribution in [2.75, 3.05) is 0 Å². The molecule has 122 valence electrons. The number of aliphatic hydroxyl groups is 1. The Bertz CT molecular complexity index is 512. The summed E-state index contributed by atoms with van der Waals surface area (Å²) < 4.78 is 5.61. The molecule has 22 heavy (non-hydrogen) atoms. The highest BCUT2D eigenvalue weighted by atomic mass is 16.6. The van der Waals surface area contributed by atoms with E-state index in [0.717, 1.165) is 19.3 Å². The summed E-state index contributed by atoms with van der Waals surface area (Å²) >= 11 is 0. The minimum Gasteiger partial charge on any atom is -0.508 e. The number of esters is 1. The highest BCUT2D eigenvalue weighted by molar-refractivity contribution is 5.77. The number of hydrogen-bond acceptors (Lipinski definition) is 4. The Labute approximate surface area is 132 Å². The normalized spacial score (nSPS) is 26.7. The van der Waals surface area contributed by atoms with Crippen molar-refractivity contribution in [3.63, 3.8) is 0 Å². The molecule has 1 saturated carbocycles. The first kappa shape index (κ1) is 16.8. The summed E-state index contributed by atoms with van der Waals surface area (Å²) in [5, 5.41) is 19.9. The minimum atomic E-state index is -1.44. The third-order valence-corrected chi connectivity index (χ3v) is 4.68. The Morgan fingerprint density at radius 2 is 1.95 bits per heavy atom. The van der Waals surface area contributed by atoms with Crippen LogP contribution in [0.5, 0.6) is 5.75 Å². The molecule has 0 aliphatic heterocycles. The average molecular weight is 306 g/mol. The first-order valence-corrected chi connectivity index (χ1v) is 8.06. The van der Waals surface area contributed by atoms with Crippen LogP contribution in [-0.4, -0.2) is 22.3 Å². The zero-order chi connectivity index (χ0) is 16.3. The van der Waals surface area contributed by atoms with Crippen molar-refractivity contribution in [3.8, 4) is 5.75 Å². The molecule has 4 heteroatoms. The largest absolute Gasteiger partial charge is 0.508 e. The number of carbonyl (C=O) groups excluding carboxylic acids is 1. The fourth-order valence-corrected chi connectivity index (χ4v) is 3.31. The minimum absolute atomic E-state index is 0.0932. The molecule has 2 rings (SSSR count). The molecule has 0 bridgehead atoms. The van der Waals surface area contributed by atoms with Crippen LogP contribution in [0.4, 0.5) is 0 Å². The highest BCUT2D eigenvalue weighted by Crippen LogP contribution is 2.36. The van der Waals surface area contributed by atoms with Crippen LogP contribution in [0.1, 0.15) is 51.7 Å². The molecule has 0 unspecified atom stereocenters. The van der Waals surface area contributed by atoms with Crippen molar-refractivity contribution in [2.45, 2.75) is 52.2 Å². The van der Waals surface area contributed by atoms with Crippen molar-refractivity contribution in [3.05, 3.63) is 29.8 Å². The number of phenols is 1. The number of hydrogen-bond donors (Lipinski definition) is 2. The molecule has 4 atom stereocenters. The fraction of sp³-hybridized carbons (Fsp3) is 0.611. The van der Waals surface area contributed by atoms with E-state index in [9.17, 15) is 15.0 Å². The number of benzene rings is 1. The maximum Gasteiger partial charge on any atom is 0.340 e. The van der Waals surface area contributed by atoms with Gasteiger partial charge in [0.15, 0.2) is 6.10 Å². The van der Waals surface area contributed by atoms with Gasteiger partial charge in [0.25, 0.3) is 0 Å². The quantitative estimate of drug-likeness (QED) is 0.836. The Hall–Kier alpha value is -1.55. The van der Waals surface area contributed by atoms with Crippen LogP contribution in [0.15, 0.2) is 24.3 Å². The van der Waals surface area contributed by atoms with Gasteiger partial charge in [-0.25, -0.2) is 4.79 Å². The third-order valence-electron chi connectivity index (χ3n) is 4.68. The number of phenolic OH excluding ortho intramolecular Hbond substituents is 1. The molecule has 1 aromatic rings. The standard InChI is InChI=1S/C18H26O4/c1-11(2)13-9-8-12(3)10-16(13)22-18(21)17(20)14-6-4-5-7-15(14)19/h4-7,11-13,16-17,19-20H,8-10H2,1-3H3/t12-,13+,16-,17+/m1/s1. The summed E-state index contributed by atoms with van der Waals surface area (Å²) in [6.45, 7) is 6.44. The molecule has 1 fully saturated rings. The molecule has 1 aromatic carbocycles. The lowest BCUT2D eigenvalue weighted by molar-refractivity contribution is -0.166. The maximum atomic E-state index is 12.3. The molecule has 4 nitrogen and oxygen atoms in total. The molecular formula is C18H26O4. The molecule has 0 heterocycles. The SMILES string of the molecule is CC(C)[C@@H]1CC[C@@H](C)C[C@H]1OC(=O)[C@@H](O)c1ccccc1O. The van der Waals surface area contributed by atoms with Gasteiger partial charge in [0.2, 0.25) is 0 Å². The molecule has 0 amide bonds. The van der Waals surface area contributed by atoms with Crippen LogP contribution in [0.3, 0.4) is 0 Å². The number of ether oxygens (including phenoxy) is 1. The van der Waals surface area contributed by atoms with Gasteiger partial charge >= 0.3 is 5.97 Å². The highest BCUT2D eigenvalue weighted by Gasteiger charge is 2.35. The van der Waals surface area contributed by atoms with Gasteiger partial charge in [-0.1, -0.05) is 45.4 Å². The predicted molar refractivity (Wildman–Crippen MR) is 84.3 cm³/mol. The average Bonchev–Trinajstić information content (AvgIpc) is 2.46. The van der Waals surface area contributed by atoms with E-state index in [1.165, 1.54) is 12.1 Å². The van der Waals surface area contributed by atoms with Gasteiger partial charge in [-0.2, -0.15) is 0 Å². The Balaban J connectivity index is 2.07. The van der Waals surface area contributed by atoms with Gasteiger partial charge in [-0.3, -0.25) is 0 Å². The van der Waals surface area contributed by atoms with Crippen molar-refractivity contribution >= 4 is 5.97 Å². The van der Waals surface area contributed by atoms with Crippen LogP contribution in [0.2, 0.25) is 0 Å². The lowest BCUT2D eigenvalue weighted by Crippen LogP contribution is -2.37.